The maximum atomic E-state index is 14.0. The van der Waals surface area contributed by atoms with Gasteiger partial charge in [-0.2, -0.15) is 0 Å². The third-order valence-corrected chi connectivity index (χ3v) is 6.64. The van der Waals surface area contributed by atoms with Crippen molar-refractivity contribution in [2.45, 2.75) is 46.6 Å². The van der Waals surface area contributed by atoms with Gasteiger partial charge in [0, 0.05) is 36.9 Å². The van der Waals surface area contributed by atoms with Gasteiger partial charge in [0.25, 0.3) is 0 Å². The van der Waals surface area contributed by atoms with Crippen molar-refractivity contribution in [1.29, 1.82) is 0 Å². The second-order valence-corrected chi connectivity index (χ2v) is 8.94. The number of carbonyl (C=O) groups excluding carboxylic acids is 1. The van der Waals surface area contributed by atoms with Gasteiger partial charge in [-0.05, 0) is 56.4 Å². The number of piperazine rings is 1. The number of nitrogens with one attached hydrogen (secondary N) is 1. The fraction of sp³-hybridized carbons (Fsp3) is 0.542. The first-order valence-electron chi connectivity index (χ1n) is 10.6. The molecule has 0 saturated carbocycles. The highest BCUT2D eigenvalue weighted by atomic mass is 19.1. The van der Waals surface area contributed by atoms with Gasteiger partial charge in [-0.3, -0.25) is 4.79 Å². The Labute approximate surface area is 174 Å². The van der Waals surface area contributed by atoms with E-state index < -0.39 is 5.54 Å². The molecule has 29 heavy (non-hydrogen) atoms. The summed E-state index contributed by atoms with van der Waals surface area (Å²) in [5.41, 5.74) is 3.39. The van der Waals surface area contributed by atoms with E-state index in [-0.39, 0.29) is 24.2 Å². The van der Waals surface area contributed by atoms with E-state index in [0.717, 1.165) is 48.6 Å². The Hall–Kier alpha value is -2.14. The first kappa shape index (κ1) is 21.6. The van der Waals surface area contributed by atoms with Gasteiger partial charge < -0.3 is 15.1 Å². The minimum Gasteiger partial charge on any atom is -0.338 e. The molecule has 1 atom stereocenters. The molecule has 2 saturated heterocycles. The van der Waals surface area contributed by atoms with E-state index in [1.54, 1.807) is 12.1 Å². The Morgan fingerprint density at radius 2 is 2.07 bits per heavy atom. The van der Waals surface area contributed by atoms with Crippen LogP contribution >= 0.6 is 0 Å². The van der Waals surface area contributed by atoms with Crippen LogP contribution in [-0.2, 0) is 4.79 Å². The summed E-state index contributed by atoms with van der Waals surface area (Å²) in [7, 11) is 0. The lowest BCUT2D eigenvalue weighted by Crippen LogP contribution is -2.63. The van der Waals surface area contributed by atoms with Crippen molar-refractivity contribution in [3.63, 3.8) is 0 Å². The average molecular weight is 400 g/mol. The minimum atomic E-state index is -0.464. The summed E-state index contributed by atoms with van der Waals surface area (Å²) in [5, 5.41) is 3.28. The molecule has 0 aliphatic carbocycles. The van der Waals surface area contributed by atoms with E-state index in [1.165, 1.54) is 6.07 Å². The number of hydrogen-bond acceptors (Lipinski definition) is 3. The quantitative estimate of drug-likeness (QED) is 0.776. The standard InChI is InChI=1S/C24H34FN3O/c1-7-16(2)23(20-9-8-10-21(25)11-20)17(3)27-15-22(29)28(14-19-12-26-13-19)24(5,6)18(27)4/h8-11,16,19,26H,4,7,12-15H2,1-3,5-6H3. The zero-order chi connectivity index (χ0) is 21.3. The summed E-state index contributed by atoms with van der Waals surface area (Å²) in [4.78, 5) is 17.2. The topological polar surface area (TPSA) is 35.6 Å². The molecule has 2 fully saturated rings. The summed E-state index contributed by atoms with van der Waals surface area (Å²) < 4.78 is 14.0. The molecule has 5 heteroatoms. The average Bonchev–Trinajstić information content (AvgIpc) is 2.63. The maximum Gasteiger partial charge on any atom is 0.243 e. The van der Waals surface area contributed by atoms with Crippen LogP contribution in [0, 0.1) is 17.7 Å². The number of allylic oxidation sites excluding steroid dienone is 2. The highest BCUT2D eigenvalue weighted by molar-refractivity contribution is 5.82. The monoisotopic (exact) mass is 399 g/mol. The predicted molar refractivity (Wildman–Crippen MR) is 116 cm³/mol. The van der Waals surface area contributed by atoms with E-state index >= 15 is 0 Å². The number of rotatable bonds is 6. The summed E-state index contributed by atoms with van der Waals surface area (Å²) in [5.74, 6) is 0.626. The van der Waals surface area contributed by atoms with E-state index in [2.05, 4.69) is 39.6 Å². The van der Waals surface area contributed by atoms with Gasteiger partial charge in [0.1, 0.15) is 12.4 Å². The number of halogens is 1. The maximum absolute atomic E-state index is 14.0. The highest BCUT2D eigenvalue weighted by Gasteiger charge is 2.43. The molecule has 158 valence electrons. The van der Waals surface area contributed by atoms with Crippen molar-refractivity contribution in [2.24, 2.45) is 11.8 Å². The first-order chi connectivity index (χ1) is 13.7. The normalized spacial score (nSPS) is 21.7. The minimum absolute atomic E-state index is 0.122. The Balaban J connectivity index is 1.98. The summed E-state index contributed by atoms with van der Waals surface area (Å²) in [6, 6.07) is 6.74. The van der Waals surface area contributed by atoms with E-state index in [9.17, 15) is 9.18 Å². The molecule has 4 nitrogen and oxygen atoms in total. The second-order valence-electron chi connectivity index (χ2n) is 8.94. The lowest BCUT2D eigenvalue weighted by atomic mass is 9.87. The lowest BCUT2D eigenvalue weighted by Gasteiger charge is -2.51. The fourth-order valence-electron chi connectivity index (χ4n) is 4.36. The van der Waals surface area contributed by atoms with Crippen molar-refractivity contribution in [3.8, 4) is 0 Å². The van der Waals surface area contributed by atoms with Gasteiger partial charge in [-0.25, -0.2) is 4.39 Å². The largest absolute Gasteiger partial charge is 0.338 e. The lowest BCUT2D eigenvalue weighted by molar-refractivity contribution is -0.141. The fourth-order valence-corrected chi connectivity index (χ4v) is 4.36. The van der Waals surface area contributed by atoms with E-state index in [4.69, 9.17) is 0 Å². The zero-order valence-electron chi connectivity index (χ0n) is 18.4. The summed E-state index contributed by atoms with van der Waals surface area (Å²) >= 11 is 0. The van der Waals surface area contributed by atoms with Crippen molar-refractivity contribution in [3.05, 3.63) is 53.6 Å². The Morgan fingerprint density at radius 3 is 2.62 bits per heavy atom. The number of amides is 1. The van der Waals surface area contributed by atoms with Crippen LogP contribution in [0.2, 0.25) is 0 Å². The van der Waals surface area contributed by atoms with Crippen LogP contribution in [-0.4, -0.2) is 47.4 Å². The molecular weight excluding hydrogens is 365 g/mol. The molecule has 1 amide bonds. The van der Waals surface area contributed by atoms with Crippen LogP contribution in [0.25, 0.3) is 5.57 Å². The van der Waals surface area contributed by atoms with Gasteiger partial charge in [-0.15, -0.1) is 0 Å². The van der Waals surface area contributed by atoms with Gasteiger partial charge in [0.2, 0.25) is 5.91 Å². The van der Waals surface area contributed by atoms with Crippen LogP contribution in [0.4, 0.5) is 4.39 Å². The number of benzene rings is 1. The van der Waals surface area contributed by atoms with Crippen molar-refractivity contribution in [2.75, 3.05) is 26.2 Å². The molecule has 1 unspecified atom stereocenters. The van der Waals surface area contributed by atoms with Gasteiger partial charge in [-0.1, -0.05) is 32.6 Å². The molecule has 0 radical (unpaired) electrons. The second kappa shape index (κ2) is 8.31. The van der Waals surface area contributed by atoms with Crippen LogP contribution in [0.5, 0.6) is 0 Å². The molecule has 1 aromatic rings. The van der Waals surface area contributed by atoms with Crippen LogP contribution in [0.1, 0.15) is 46.6 Å². The van der Waals surface area contributed by atoms with Gasteiger partial charge in [0.05, 0.1) is 5.54 Å². The third-order valence-electron chi connectivity index (χ3n) is 6.64. The molecule has 2 aliphatic heterocycles. The number of hydrogen-bond donors (Lipinski definition) is 1. The molecule has 2 heterocycles. The van der Waals surface area contributed by atoms with Crippen LogP contribution in [0.3, 0.4) is 0 Å². The Morgan fingerprint density at radius 1 is 1.38 bits per heavy atom. The Kier molecular flexibility index (Phi) is 6.18. The van der Waals surface area contributed by atoms with Gasteiger partial charge >= 0.3 is 0 Å². The smallest absolute Gasteiger partial charge is 0.243 e. The molecule has 3 rings (SSSR count). The molecular formula is C24H34FN3O. The van der Waals surface area contributed by atoms with Crippen molar-refractivity contribution < 1.29 is 9.18 Å². The number of carbonyl (C=O) groups is 1. The molecule has 1 N–H and O–H groups in total. The highest BCUT2D eigenvalue weighted by Crippen LogP contribution is 2.38. The summed E-state index contributed by atoms with van der Waals surface area (Å²) in [6.45, 7) is 17.8. The Bertz CT molecular complexity index is 825. The third kappa shape index (κ3) is 4.11. The first-order valence-corrected chi connectivity index (χ1v) is 10.6. The van der Waals surface area contributed by atoms with Crippen LogP contribution < -0.4 is 5.32 Å². The van der Waals surface area contributed by atoms with Crippen LogP contribution in [0.15, 0.2) is 42.2 Å². The molecule has 2 aliphatic rings. The molecule has 0 bridgehead atoms. The zero-order valence-corrected chi connectivity index (χ0v) is 18.4. The van der Waals surface area contributed by atoms with Gasteiger partial charge in [0.15, 0.2) is 0 Å². The van der Waals surface area contributed by atoms with E-state index in [0.29, 0.717) is 5.92 Å². The van der Waals surface area contributed by atoms with E-state index in [1.807, 2.05) is 22.8 Å². The molecule has 1 aromatic carbocycles. The summed E-state index contributed by atoms with van der Waals surface area (Å²) in [6.07, 6.45) is 0.932. The predicted octanol–water partition coefficient (Wildman–Crippen LogP) is 4.26. The van der Waals surface area contributed by atoms with Crippen molar-refractivity contribution >= 4 is 11.5 Å². The molecule has 0 aromatic heterocycles. The number of nitrogens with zero attached hydrogens (tertiary/aromatic N) is 2. The molecule has 0 spiro atoms. The van der Waals surface area contributed by atoms with Crippen molar-refractivity contribution in [1.82, 2.24) is 15.1 Å². The SMILES string of the molecule is C=C1N(C(C)=C(c2cccc(F)c2)C(C)CC)CC(=O)N(CC2CNC2)C1(C)C.